The van der Waals surface area contributed by atoms with Crippen LogP contribution in [-0.2, 0) is 0 Å². The van der Waals surface area contributed by atoms with Crippen LogP contribution in [-0.4, -0.2) is 41.6 Å². The monoisotopic (exact) mass is 281 g/mol. The van der Waals surface area contributed by atoms with Crippen LogP contribution in [0.1, 0.15) is 36.3 Å². The van der Waals surface area contributed by atoms with E-state index in [0.29, 0.717) is 11.3 Å². The van der Waals surface area contributed by atoms with Crippen LogP contribution in [0.3, 0.4) is 0 Å². The van der Waals surface area contributed by atoms with Gasteiger partial charge in [0.05, 0.1) is 0 Å². The van der Waals surface area contributed by atoms with Crippen molar-refractivity contribution in [3.05, 3.63) is 24.0 Å². The molecule has 1 aliphatic rings. The molecule has 0 saturated carbocycles. The summed E-state index contributed by atoms with van der Waals surface area (Å²) in [6.45, 7) is 4.91. The minimum Gasteiger partial charge on any atom is -0.350 e. The number of rotatable bonds is 5. The Hall–Kier alpha value is -0.940. The molecule has 2 heterocycles. The van der Waals surface area contributed by atoms with Gasteiger partial charge in [0.15, 0.2) is 0 Å². The van der Waals surface area contributed by atoms with Crippen LogP contribution in [0.25, 0.3) is 0 Å². The lowest BCUT2D eigenvalue weighted by Gasteiger charge is -2.26. The number of hydrogen-bond donors (Lipinski definition) is 2. The third-order valence-corrected chi connectivity index (χ3v) is 4.64. The molecule has 1 unspecified atom stereocenters. The average Bonchev–Trinajstić information content (AvgIpc) is 2.94. The van der Waals surface area contributed by atoms with E-state index in [2.05, 4.69) is 28.4 Å². The lowest BCUT2D eigenvalue weighted by molar-refractivity contribution is 0.0941. The maximum absolute atomic E-state index is 12.2. The fourth-order valence-electron chi connectivity index (χ4n) is 2.40. The Morgan fingerprint density at radius 2 is 2.32 bits per heavy atom. The Labute approximate surface area is 119 Å². The number of thioether (sulfide) groups is 1. The summed E-state index contributed by atoms with van der Waals surface area (Å²) in [5, 5.41) is 6.83. The zero-order valence-corrected chi connectivity index (χ0v) is 12.5. The molecule has 0 bridgehead atoms. The largest absolute Gasteiger partial charge is 0.350 e. The van der Waals surface area contributed by atoms with Gasteiger partial charge in [-0.3, -0.25) is 4.79 Å². The van der Waals surface area contributed by atoms with Gasteiger partial charge >= 0.3 is 0 Å². The first-order chi connectivity index (χ1) is 9.22. The van der Waals surface area contributed by atoms with Gasteiger partial charge in [-0.25, -0.2) is 0 Å². The van der Waals surface area contributed by atoms with E-state index in [0.717, 1.165) is 38.2 Å². The fourth-order valence-corrected chi connectivity index (χ4v) is 2.65. The number of carbonyl (C=O) groups excluding carboxylic acids is 1. The van der Waals surface area contributed by atoms with Crippen molar-refractivity contribution in [2.24, 2.45) is 0 Å². The van der Waals surface area contributed by atoms with Crippen molar-refractivity contribution >= 4 is 17.7 Å². The molecule has 0 spiro atoms. The standard InChI is InChI=1S/C14H23N3OS/c1-11(19-2)10-16-14(18)13-4-3-9-17(13)12-5-7-15-8-6-12/h3-4,9,11-12,15H,5-8,10H2,1-2H3,(H,16,18). The van der Waals surface area contributed by atoms with Gasteiger partial charge in [0.25, 0.3) is 5.91 Å². The van der Waals surface area contributed by atoms with Crippen molar-refractivity contribution in [3.8, 4) is 0 Å². The van der Waals surface area contributed by atoms with E-state index in [9.17, 15) is 4.79 Å². The van der Waals surface area contributed by atoms with Crippen molar-refractivity contribution < 1.29 is 4.79 Å². The van der Waals surface area contributed by atoms with Crippen LogP contribution in [0.2, 0.25) is 0 Å². The predicted octanol–water partition coefficient (Wildman–Crippen LogP) is 1.89. The maximum Gasteiger partial charge on any atom is 0.267 e. The lowest BCUT2D eigenvalue weighted by atomic mass is 10.1. The molecule has 1 fully saturated rings. The zero-order chi connectivity index (χ0) is 13.7. The summed E-state index contributed by atoms with van der Waals surface area (Å²) in [6.07, 6.45) is 6.28. The van der Waals surface area contributed by atoms with Crippen molar-refractivity contribution in [2.75, 3.05) is 25.9 Å². The van der Waals surface area contributed by atoms with Crippen molar-refractivity contribution in [3.63, 3.8) is 0 Å². The second kappa shape index (κ2) is 7.01. The van der Waals surface area contributed by atoms with Gasteiger partial charge in [0, 0.05) is 24.0 Å². The van der Waals surface area contributed by atoms with Gasteiger partial charge in [0.1, 0.15) is 5.69 Å². The highest BCUT2D eigenvalue weighted by Gasteiger charge is 2.19. The highest BCUT2D eigenvalue weighted by Crippen LogP contribution is 2.21. The van der Waals surface area contributed by atoms with Gasteiger partial charge < -0.3 is 15.2 Å². The quantitative estimate of drug-likeness (QED) is 0.866. The van der Waals surface area contributed by atoms with Crippen LogP contribution < -0.4 is 10.6 Å². The first kappa shape index (κ1) is 14.5. The molecule has 106 valence electrons. The molecule has 2 N–H and O–H groups in total. The van der Waals surface area contributed by atoms with E-state index in [1.165, 1.54) is 0 Å². The Bertz CT molecular complexity index is 413. The maximum atomic E-state index is 12.2. The first-order valence-corrected chi connectivity index (χ1v) is 8.19. The number of aromatic nitrogens is 1. The number of piperidine rings is 1. The Morgan fingerprint density at radius 3 is 3.00 bits per heavy atom. The summed E-state index contributed by atoms with van der Waals surface area (Å²) in [4.78, 5) is 12.2. The number of amides is 1. The second-order valence-corrected chi connectivity index (χ2v) is 6.31. The lowest BCUT2D eigenvalue weighted by Crippen LogP contribution is -2.34. The molecule has 1 aliphatic heterocycles. The molecule has 0 aliphatic carbocycles. The fraction of sp³-hybridized carbons (Fsp3) is 0.643. The molecule has 1 aromatic rings. The minimum atomic E-state index is 0.0458. The third-order valence-electron chi connectivity index (χ3n) is 3.67. The topological polar surface area (TPSA) is 46.1 Å². The first-order valence-electron chi connectivity index (χ1n) is 6.91. The van der Waals surface area contributed by atoms with Gasteiger partial charge in [-0.15, -0.1) is 0 Å². The van der Waals surface area contributed by atoms with E-state index in [1.807, 2.05) is 18.3 Å². The summed E-state index contributed by atoms with van der Waals surface area (Å²) in [7, 11) is 0. The van der Waals surface area contributed by atoms with E-state index in [-0.39, 0.29) is 5.91 Å². The summed E-state index contributed by atoms with van der Waals surface area (Å²) < 4.78 is 2.14. The van der Waals surface area contributed by atoms with Crippen LogP contribution in [0.4, 0.5) is 0 Å². The molecule has 19 heavy (non-hydrogen) atoms. The summed E-state index contributed by atoms with van der Waals surface area (Å²) in [6, 6.07) is 4.34. The van der Waals surface area contributed by atoms with Gasteiger partial charge in [-0.05, 0) is 44.3 Å². The average molecular weight is 281 g/mol. The number of nitrogens with zero attached hydrogens (tertiary/aromatic N) is 1. The molecule has 1 aromatic heterocycles. The highest BCUT2D eigenvalue weighted by molar-refractivity contribution is 7.99. The summed E-state index contributed by atoms with van der Waals surface area (Å²) >= 11 is 1.77. The van der Waals surface area contributed by atoms with E-state index in [1.54, 1.807) is 11.8 Å². The van der Waals surface area contributed by atoms with Crippen LogP contribution in [0.5, 0.6) is 0 Å². The minimum absolute atomic E-state index is 0.0458. The normalized spacial score (nSPS) is 18.2. The van der Waals surface area contributed by atoms with E-state index < -0.39 is 0 Å². The SMILES string of the molecule is CSC(C)CNC(=O)c1cccn1C1CCNCC1. The highest BCUT2D eigenvalue weighted by atomic mass is 32.2. The van der Waals surface area contributed by atoms with Crippen LogP contribution >= 0.6 is 11.8 Å². The molecule has 1 atom stereocenters. The smallest absolute Gasteiger partial charge is 0.267 e. The van der Waals surface area contributed by atoms with Crippen molar-refractivity contribution in [1.82, 2.24) is 15.2 Å². The van der Waals surface area contributed by atoms with Crippen molar-refractivity contribution in [2.45, 2.75) is 31.1 Å². The zero-order valence-electron chi connectivity index (χ0n) is 11.7. The van der Waals surface area contributed by atoms with Gasteiger partial charge in [-0.2, -0.15) is 11.8 Å². The second-order valence-electron chi connectivity index (χ2n) is 5.04. The van der Waals surface area contributed by atoms with Crippen LogP contribution in [0, 0.1) is 0 Å². The molecule has 4 nitrogen and oxygen atoms in total. The molecule has 2 rings (SSSR count). The van der Waals surface area contributed by atoms with Gasteiger partial charge in [0.2, 0.25) is 0 Å². The van der Waals surface area contributed by atoms with Gasteiger partial charge in [-0.1, -0.05) is 6.92 Å². The van der Waals surface area contributed by atoms with Crippen LogP contribution in [0.15, 0.2) is 18.3 Å². The van der Waals surface area contributed by atoms with E-state index >= 15 is 0 Å². The molecule has 0 aromatic carbocycles. The molecule has 1 amide bonds. The molecular weight excluding hydrogens is 258 g/mol. The number of carbonyl (C=O) groups is 1. The Kier molecular flexibility index (Phi) is 5.34. The molecule has 0 radical (unpaired) electrons. The van der Waals surface area contributed by atoms with Crippen molar-refractivity contribution in [1.29, 1.82) is 0 Å². The third kappa shape index (κ3) is 3.76. The predicted molar refractivity (Wildman–Crippen MR) is 80.9 cm³/mol. The van der Waals surface area contributed by atoms with E-state index in [4.69, 9.17) is 0 Å². The number of hydrogen-bond acceptors (Lipinski definition) is 3. The Morgan fingerprint density at radius 1 is 1.58 bits per heavy atom. The molecular formula is C14H23N3OS. The number of nitrogens with one attached hydrogen (secondary N) is 2. The summed E-state index contributed by atoms with van der Waals surface area (Å²) in [5.74, 6) is 0.0458. The Balaban J connectivity index is 1.99. The molecule has 1 saturated heterocycles. The molecule has 5 heteroatoms. The summed E-state index contributed by atoms with van der Waals surface area (Å²) in [5.41, 5.74) is 0.792.